The van der Waals surface area contributed by atoms with Gasteiger partial charge in [-0.15, -0.1) is 0 Å². The zero-order valence-corrected chi connectivity index (χ0v) is 17.0. The van der Waals surface area contributed by atoms with Gasteiger partial charge in [-0.05, 0) is 75.1 Å². The van der Waals surface area contributed by atoms with Gasteiger partial charge >= 0.3 is 12.2 Å². The van der Waals surface area contributed by atoms with E-state index in [0.717, 1.165) is 44.2 Å². The first kappa shape index (κ1) is 22.4. The largest absolute Gasteiger partial charge is 0.416 e. The summed E-state index contributed by atoms with van der Waals surface area (Å²) in [6, 6.07) is 3.60. The average Bonchev–Trinajstić information content (AvgIpc) is 2.65. The molecule has 1 aromatic rings. The number of hydrogen-bond acceptors (Lipinski definition) is 3. The Labute approximate surface area is 174 Å². The van der Waals surface area contributed by atoms with Crippen molar-refractivity contribution < 1.29 is 22.8 Å². The Morgan fingerprint density at radius 2 is 1.67 bits per heavy atom. The number of nitrogens with zero attached hydrogens (tertiary/aromatic N) is 1. The number of alkyl halides is 3. The highest BCUT2D eigenvalue weighted by atomic mass is 19.4. The molecule has 2 saturated carbocycles. The summed E-state index contributed by atoms with van der Waals surface area (Å²) in [5.74, 6) is 0.0900. The number of carbonyl (C=O) groups excluding carboxylic acids is 2. The van der Waals surface area contributed by atoms with Crippen molar-refractivity contribution in [3.63, 3.8) is 0 Å². The van der Waals surface area contributed by atoms with Gasteiger partial charge in [0.1, 0.15) is 0 Å². The molecule has 3 amide bonds. The number of halogens is 3. The predicted molar refractivity (Wildman–Crippen MR) is 108 cm³/mol. The number of amides is 3. The summed E-state index contributed by atoms with van der Waals surface area (Å²) in [5.41, 5.74) is 5.76. The molecule has 2 fully saturated rings. The molecule has 0 heterocycles. The number of anilines is 1. The number of hydrogen-bond donors (Lipinski definition) is 3. The minimum absolute atomic E-state index is 0.00356. The van der Waals surface area contributed by atoms with Crippen LogP contribution in [0.3, 0.4) is 0 Å². The minimum atomic E-state index is -4.41. The van der Waals surface area contributed by atoms with Gasteiger partial charge in [0.15, 0.2) is 0 Å². The second kappa shape index (κ2) is 9.24. The molecule has 0 bridgehead atoms. The van der Waals surface area contributed by atoms with Crippen molar-refractivity contribution in [2.75, 3.05) is 12.4 Å². The van der Waals surface area contributed by atoms with Gasteiger partial charge in [0.2, 0.25) is 5.91 Å². The van der Waals surface area contributed by atoms with Crippen LogP contribution in [0.1, 0.15) is 50.5 Å². The van der Waals surface area contributed by atoms with Gasteiger partial charge in [0.25, 0.3) is 0 Å². The second-order valence-electron chi connectivity index (χ2n) is 8.34. The number of nitrogens with one attached hydrogen (secondary N) is 2. The summed E-state index contributed by atoms with van der Waals surface area (Å²) in [6.45, 7) is 0. The average molecular weight is 426 g/mol. The maximum atomic E-state index is 12.6. The van der Waals surface area contributed by atoms with Gasteiger partial charge in [-0.3, -0.25) is 4.79 Å². The molecular formula is C21H29F3N4O2. The Hall–Kier alpha value is -2.29. The van der Waals surface area contributed by atoms with E-state index in [9.17, 15) is 22.8 Å². The molecule has 0 aliphatic heterocycles. The molecule has 30 heavy (non-hydrogen) atoms. The van der Waals surface area contributed by atoms with E-state index in [1.54, 1.807) is 4.90 Å². The standard InChI is InChI=1S/C21H29F3N4O2/c1-28(17-3-2-4-17)19(29)18(25)13-5-9-15(10-6-13)26-20(30)27-16-11-7-14(8-12-16)21(22,23)24/h7-8,11-13,15,17-18H,2-6,9-10,25H2,1H3,(H2,26,27,30)/t13?,15?,18-/m0/s1. The second-order valence-corrected chi connectivity index (χ2v) is 8.34. The van der Waals surface area contributed by atoms with Crippen molar-refractivity contribution >= 4 is 17.6 Å². The Morgan fingerprint density at radius 3 is 2.17 bits per heavy atom. The Kier molecular flexibility index (Phi) is 6.90. The molecule has 9 heteroatoms. The van der Waals surface area contributed by atoms with Crippen molar-refractivity contribution in [1.29, 1.82) is 0 Å². The number of nitrogens with two attached hydrogens (primary N) is 1. The third kappa shape index (κ3) is 5.44. The summed E-state index contributed by atoms with van der Waals surface area (Å²) < 4.78 is 37.8. The zero-order chi connectivity index (χ0) is 21.9. The minimum Gasteiger partial charge on any atom is -0.341 e. The molecule has 4 N–H and O–H groups in total. The molecule has 0 unspecified atom stereocenters. The fourth-order valence-electron chi connectivity index (χ4n) is 4.11. The van der Waals surface area contributed by atoms with E-state index in [0.29, 0.717) is 24.6 Å². The Balaban J connectivity index is 1.42. The van der Waals surface area contributed by atoms with Gasteiger partial charge in [0.05, 0.1) is 11.6 Å². The first-order valence-corrected chi connectivity index (χ1v) is 10.4. The number of likely N-dealkylation sites (N-methyl/N-ethyl adjacent to an activating group) is 1. The molecule has 1 atom stereocenters. The van der Waals surface area contributed by atoms with E-state index in [2.05, 4.69) is 10.6 Å². The predicted octanol–water partition coefficient (Wildman–Crippen LogP) is 3.72. The van der Waals surface area contributed by atoms with Gasteiger partial charge in [-0.1, -0.05) is 0 Å². The van der Waals surface area contributed by atoms with Crippen molar-refractivity contribution in [2.24, 2.45) is 11.7 Å². The maximum absolute atomic E-state index is 12.6. The molecular weight excluding hydrogens is 397 g/mol. The van der Waals surface area contributed by atoms with Gasteiger partial charge < -0.3 is 21.3 Å². The molecule has 0 spiro atoms. The molecule has 2 aliphatic rings. The Bertz CT molecular complexity index is 742. The monoisotopic (exact) mass is 426 g/mol. The van der Waals surface area contributed by atoms with Gasteiger partial charge in [0, 0.05) is 24.8 Å². The lowest BCUT2D eigenvalue weighted by Crippen LogP contribution is -2.52. The smallest absolute Gasteiger partial charge is 0.341 e. The summed E-state index contributed by atoms with van der Waals surface area (Å²) in [6.07, 6.45) is 1.74. The van der Waals surface area contributed by atoms with Gasteiger partial charge in [-0.25, -0.2) is 4.79 Å². The van der Waals surface area contributed by atoms with Crippen LogP contribution in [0.5, 0.6) is 0 Å². The number of urea groups is 1. The van der Waals surface area contributed by atoms with Crippen LogP contribution in [0.15, 0.2) is 24.3 Å². The van der Waals surface area contributed by atoms with E-state index < -0.39 is 23.8 Å². The fraction of sp³-hybridized carbons (Fsp3) is 0.619. The van der Waals surface area contributed by atoms with Crippen molar-refractivity contribution in [1.82, 2.24) is 10.2 Å². The van der Waals surface area contributed by atoms with Crippen LogP contribution in [0.2, 0.25) is 0 Å². The third-order valence-electron chi connectivity index (χ3n) is 6.34. The molecule has 3 rings (SSSR count). The summed E-state index contributed by atoms with van der Waals surface area (Å²) >= 11 is 0. The highest BCUT2D eigenvalue weighted by molar-refractivity contribution is 5.89. The van der Waals surface area contributed by atoms with Crippen LogP contribution in [0.25, 0.3) is 0 Å². The fourth-order valence-corrected chi connectivity index (χ4v) is 4.11. The third-order valence-corrected chi connectivity index (χ3v) is 6.34. The SMILES string of the molecule is CN(C(=O)[C@@H](N)C1CCC(NC(=O)Nc2ccc(C(F)(F)F)cc2)CC1)C1CCC1. The number of carbonyl (C=O) groups is 2. The van der Waals surface area contributed by atoms with Crippen LogP contribution >= 0.6 is 0 Å². The molecule has 0 saturated heterocycles. The van der Waals surface area contributed by atoms with Crippen molar-refractivity contribution in [3.8, 4) is 0 Å². The van der Waals surface area contributed by atoms with E-state index in [1.165, 1.54) is 12.1 Å². The summed E-state index contributed by atoms with van der Waals surface area (Å²) in [5, 5.41) is 5.41. The summed E-state index contributed by atoms with van der Waals surface area (Å²) in [4.78, 5) is 26.5. The highest BCUT2D eigenvalue weighted by Gasteiger charge is 2.35. The first-order valence-electron chi connectivity index (χ1n) is 10.4. The lowest BCUT2D eigenvalue weighted by molar-refractivity contribution is -0.138. The molecule has 0 radical (unpaired) electrons. The van der Waals surface area contributed by atoms with E-state index >= 15 is 0 Å². The van der Waals surface area contributed by atoms with Gasteiger partial charge in [-0.2, -0.15) is 13.2 Å². The quantitative estimate of drug-likeness (QED) is 0.671. The van der Waals surface area contributed by atoms with Crippen molar-refractivity contribution in [3.05, 3.63) is 29.8 Å². The van der Waals surface area contributed by atoms with E-state index in [4.69, 9.17) is 5.73 Å². The Morgan fingerprint density at radius 1 is 1.07 bits per heavy atom. The zero-order valence-electron chi connectivity index (χ0n) is 17.0. The van der Waals surface area contributed by atoms with E-state index in [1.807, 2.05) is 7.05 Å². The van der Waals surface area contributed by atoms with Crippen LogP contribution in [-0.2, 0) is 11.0 Å². The maximum Gasteiger partial charge on any atom is 0.416 e. The number of benzene rings is 1. The molecule has 166 valence electrons. The van der Waals surface area contributed by atoms with Crippen LogP contribution < -0.4 is 16.4 Å². The van der Waals surface area contributed by atoms with Crippen LogP contribution in [0.4, 0.5) is 23.7 Å². The van der Waals surface area contributed by atoms with Crippen molar-refractivity contribution in [2.45, 2.75) is 69.2 Å². The highest BCUT2D eigenvalue weighted by Crippen LogP contribution is 2.31. The lowest BCUT2D eigenvalue weighted by atomic mass is 9.81. The molecule has 0 aromatic heterocycles. The molecule has 2 aliphatic carbocycles. The molecule has 6 nitrogen and oxygen atoms in total. The topological polar surface area (TPSA) is 87.5 Å². The first-order chi connectivity index (χ1) is 14.1. The van der Waals surface area contributed by atoms with Crippen LogP contribution in [0, 0.1) is 5.92 Å². The normalized spacial score (nSPS) is 23.2. The number of rotatable bonds is 5. The summed E-state index contributed by atoms with van der Waals surface area (Å²) in [7, 11) is 1.82. The van der Waals surface area contributed by atoms with Crippen LogP contribution in [-0.4, -0.2) is 42.0 Å². The lowest BCUT2D eigenvalue weighted by Gasteiger charge is -2.38. The molecule has 1 aromatic carbocycles. The van der Waals surface area contributed by atoms with E-state index in [-0.39, 0.29) is 17.9 Å².